The van der Waals surface area contributed by atoms with Crippen LogP contribution in [-0.2, 0) is 4.74 Å². The number of unbranched alkanes of at least 4 members (excludes halogenated alkanes) is 1. The van der Waals surface area contributed by atoms with Gasteiger partial charge >= 0.3 is 0 Å². The minimum atomic E-state index is 0.931. The van der Waals surface area contributed by atoms with Crippen LogP contribution in [-0.4, -0.2) is 38.0 Å². The van der Waals surface area contributed by atoms with E-state index in [1.54, 1.807) is 0 Å². The van der Waals surface area contributed by atoms with Crippen LogP contribution in [0.15, 0.2) is 0 Å². The van der Waals surface area contributed by atoms with Gasteiger partial charge in [0.05, 0.1) is 26.7 Å². The summed E-state index contributed by atoms with van der Waals surface area (Å²) >= 11 is 0. The van der Waals surface area contributed by atoms with E-state index in [2.05, 4.69) is 14.0 Å². The number of ether oxygens (including phenoxy) is 1. The van der Waals surface area contributed by atoms with Crippen LogP contribution in [0.5, 0.6) is 0 Å². The van der Waals surface area contributed by atoms with Crippen molar-refractivity contribution in [2.24, 2.45) is 0 Å². The summed E-state index contributed by atoms with van der Waals surface area (Å²) in [6.45, 7) is 6.71. The fourth-order valence-corrected chi connectivity index (χ4v) is 1.76. The number of hydrogen-bond donors (Lipinski definition) is 0. The maximum Gasteiger partial charge on any atom is 0.182 e. The molecule has 0 N–H and O–H groups in total. The van der Waals surface area contributed by atoms with Crippen LogP contribution in [0, 0.1) is 0 Å². The highest BCUT2D eigenvalue weighted by Gasteiger charge is 2.26. The summed E-state index contributed by atoms with van der Waals surface area (Å²) in [4.78, 5) is 0. The van der Waals surface area contributed by atoms with Gasteiger partial charge in [0.25, 0.3) is 0 Å². The topological polar surface area (TPSA) is 9.23 Å². The maximum atomic E-state index is 5.63. The van der Waals surface area contributed by atoms with E-state index in [1.165, 1.54) is 38.8 Å². The second kappa shape index (κ2) is 4.83. The van der Waals surface area contributed by atoms with Crippen LogP contribution in [0.2, 0.25) is 0 Å². The van der Waals surface area contributed by atoms with Crippen LogP contribution in [0.3, 0.4) is 0 Å². The molecule has 0 radical (unpaired) electrons. The van der Waals surface area contributed by atoms with E-state index >= 15 is 0 Å². The van der Waals surface area contributed by atoms with Crippen LogP contribution in [0.1, 0.15) is 32.6 Å². The fourth-order valence-electron chi connectivity index (χ4n) is 1.76. The third kappa shape index (κ3) is 3.11. The Labute approximate surface area is 76.1 Å². The molecule has 1 aliphatic rings. The van der Waals surface area contributed by atoms with Crippen molar-refractivity contribution in [3.8, 4) is 0 Å². The second-order valence-corrected chi connectivity index (χ2v) is 4.16. The molecule has 1 saturated heterocycles. The Bertz CT molecular complexity index is 119. The molecule has 72 valence electrons. The number of quaternary nitrogens is 1. The highest BCUT2D eigenvalue weighted by atomic mass is 16.5. The molecular weight excluding hydrogens is 150 g/mol. The molecule has 0 bridgehead atoms. The third-order valence-electron chi connectivity index (χ3n) is 2.69. The Kier molecular flexibility index (Phi) is 4.02. The fraction of sp³-hybridized carbons (Fsp3) is 1.00. The second-order valence-electron chi connectivity index (χ2n) is 4.16. The van der Waals surface area contributed by atoms with Gasteiger partial charge < -0.3 is 9.22 Å². The van der Waals surface area contributed by atoms with Crippen molar-refractivity contribution < 1.29 is 9.22 Å². The molecule has 12 heavy (non-hydrogen) atoms. The first-order valence-electron chi connectivity index (χ1n) is 5.18. The number of rotatable bonds is 5. The normalized spacial score (nSPS) is 21.5. The highest BCUT2D eigenvalue weighted by Crippen LogP contribution is 2.15. The minimum absolute atomic E-state index is 0.931. The summed E-state index contributed by atoms with van der Waals surface area (Å²) in [7, 11) is 2.30. The minimum Gasteiger partial charge on any atom is -0.332 e. The van der Waals surface area contributed by atoms with Crippen molar-refractivity contribution in [1.29, 1.82) is 0 Å². The van der Waals surface area contributed by atoms with E-state index in [1.807, 2.05) is 0 Å². The molecule has 0 aliphatic carbocycles. The summed E-state index contributed by atoms with van der Waals surface area (Å²) in [5.41, 5.74) is 0. The summed E-state index contributed by atoms with van der Waals surface area (Å²) in [5.74, 6) is 0. The molecule has 1 aliphatic heterocycles. The summed E-state index contributed by atoms with van der Waals surface area (Å²) in [6.07, 6.45) is 5.21. The molecule has 0 aromatic carbocycles. The first kappa shape index (κ1) is 10.0. The van der Waals surface area contributed by atoms with Crippen LogP contribution in [0.25, 0.3) is 0 Å². The zero-order valence-corrected chi connectivity index (χ0v) is 8.51. The van der Waals surface area contributed by atoms with E-state index in [-0.39, 0.29) is 0 Å². The zero-order chi connectivity index (χ0) is 8.86. The molecule has 1 rings (SSSR count). The molecule has 0 unspecified atom stereocenters. The van der Waals surface area contributed by atoms with E-state index in [0.717, 1.165) is 17.8 Å². The first-order chi connectivity index (χ1) is 5.77. The third-order valence-corrected chi connectivity index (χ3v) is 2.69. The molecule has 0 atom stereocenters. The van der Waals surface area contributed by atoms with E-state index < -0.39 is 0 Å². The lowest BCUT2D eigenvalue weighted by Crippen LogP contribution is -2.42. The van der Waals surface area contributed by atoms with Gasteiger partial charge in [-0.15, -0.1) is 0 Å². The molecule has 0 aromatic rings. The van der Waals surface area contributed by atoms with Gasteiger partial charge in [-0.3, -0.25) is 0 Å². The lowest BCUT2D eigenvalue weighted by Gasteiger charge is -2.28. The predicted octanol–water partition coefficient (Wildman–Crippen LogP) is 2.00. The van der Waals surface area contributed by atoms with Gasteiger partial charge in [0.15, 0.2) is 6.73 Å². The number of nitrogens with zero attached hydrogens (tertiary/aromatic N) is 1. The van der Waals surface area contributed by atoms with E-state index in [0.29, 0.717) is 0 Å². The molecule has 2 heteroatoms. The maximum absolute atomic E-state index is 5.63. The van der Waals surface area contributed by atoms with Crippen LogP contribution >= 0.6 is 0 Å². The lowest BCUT2D eigenvalue weighted by molar-refractivity contribution is -0.916. The number of likely N-dealkylation sites (tertiary alicyclic amines) is 1. The smallest absolute Gasteiger partial charge is 0.182 e. The van der Waals surface area contributed by atoms with Gasteiger partial charge in [-0.25, -0.2) is 0 Å². The van der Waals surface area contributed by atoms with Crippen molar-refractivity contribution >= 4 is 0 Å². The highest BCUT2D eigenvalue weighted by molar-refractivity contribution is 4.48. The quantitative estimate of drug-likeness (QED) is 0.455. The molecule has 1 fully saturated rings. The van der Waals surface area contributed by atoms with E-state index in [9.17, 15) is 0 Å². The predicted molar refractivity (Wildman–Crippen MR) is 50.9 cm³/mol. The van der Waals surface area contributed by atoms with Gasteiger partial charge in [0.2, 0.25) is 0 Å². The van der Waals surface area contributed by atoms with Crippen molar-refractivity contribution in [3.05, 3.63) is 0 Å². The van der Waals surface area contributed by atoms with Crippen molar-refractivity contribution in [2.45, 2.75) is 32.6 Å². The first-order valence-corrected chi connectivity index (χ1v) is 5.18. The van der Waals surface area contributed by atoms with Gasteiger partial charge in [-0.05, 0) is 6.42 Å². The van der Waals surface area contributed by atoms with Gasteiger partial charge in [0, 0.05) is 12.8 Å². The van der Waals surface area contributed by atoms with Crippen LogP contribution in [0.4, 0.5) is 0 Å². The molecule has 0 saturated carbocycles. The monoisotopic (exact) mass is 172 g/mol. The Balaban J connectivity index is 2.05. The SMILES string of the molecule is CCCCOC[N+]1(C)CCCC1. The lowest BCUT2D eigenvalue weighted by atomic mass is 10.4. The van der Waals surface area contributed by atoms with E-state index in [4.69, 9.17) is 4.74 Å². The number of hydrogen-bond acceptors (Lipinski definition) is 1. The largest absolute Gasteiger partial charge is 0.332 e. The zero-order valence-electron chi connectivity index (χ0n) is 8.51. The van der Waals surface area contributed by atoms with Gasteiger partial charge in [-0.1, -0.05) is 13.3 Å². The summed E-state index contributed by atoms with van der Waals surface area (Å²) < 4.78 is 6.78. The van der Waals surface area contributed by atoms with Gasteiger partial charge in [-0.2, -0.15) is 0 Å². The Hall–Kier alpha value is -0.0800. The molecule has 0 aromatic heterocycles. The Morgan fingerprint density at radius 1 is 1.25 bits per heavy atom. The van der Waals surface area contributed by atoms with Crippen molar-refractivity contribution in [1.82, 2.24) is 0 Å². The average molecular weight is 172 g/mol. The average Bonchev–Trinajstić information content (AvgIpc) is 2.47. The molecular formula is C10H22NO+. The van der Waals surface area contributed by atoms with Gasteiger partial charge in [0.1, 0.15) is 0 Å². The standard InChI is InChI=1S/C10H22NO/c1-3-4-9-12-10-11(2)7-5-6-8-11/h3-10H2,1-2H3/q+1. The molecule has 1 heterocycles. The molecule has 0 amide bonds. The van der Waals surface area contributed by atoms with Crippen LogP contribution < -0.4 is 0 Å². The van der Waals surface area contributed by atoms with Crippen molar-refractivity contribution in [2.75, 3.05) is 33.5 Å². The molecule has 2 nitrogen and oxygen atoms in total. The summed E-state index contributed by atoms with van der Waals surface area (Å²) in [6, 6.07) is 0. The van der Waals surface area contributed by atoms with Crippen molar-refractivity contribution in [3.63, 3.8) is 0 Å². The summed E-state index contributed by atoms with van der Waals surface area (Å²) in [5, 5.41) is 0. The Morgan fingerprint density at radius 2 is 1.92 bits per heavy atom. The Morgan fingerprint density at radius 3 is 2.50 bits per heavy atom. The molecule has 0 spiro atoms.